The van der Waals surface area contributed by atoms with Crippen LogP contribution in [0.5, 0.6) is 0 Å². The molecule has 0 amide bonds. The van der Waals surface area contributed by atoms with E-state index in [1.54, 1.807) is 48.5 Å². The molecule has 0 aliphatic carbocycles. The molecule has 0 aliphatic heterocycles. The third-order valence-electron chi connectivity index (χ3n) is 3.56. The fourth-order valence-electron chi connectivity index (χ4n) is 2.42. The van der Waals surface area contributed by atoms with Crippen LogP contribution in [0.2, 0.25) is 5.02 Å². The molecule has 1 atom stereocenters. The average molecular weight is 337 g/mol. The van der Waals surface area contributed by atoms with Gasteiger partial charge in [-0.15, -0.1) is 0 Å². The van der Waals surface area contributed by atoms with E-state index in [4.69, 9.17) is 17.3 Å². The molecule has 1 aromatic heterocycles. The van der Waals surface area contributed by atoms with Crippen molar-refractivity contribution in [3.8, 4) is 11.3 Å². The van der Waals surface area contributed by atoms with E-state index < -0.39 is 12.2 Å². The summed E-state index contributed by atoms with van der Waals surface area (Å²) in [6.07, 6.45) is -4.56. The molecule has 0 unspecified atom stereocenters. The molecular weight excluding hydrogens is 325 g/mol. The number of pyridine rings is 1. The van der Waals surface area contributed by atoms with Gasteiger partial charge in [0.15, 0.2) is 0 Å². The standard InChI is InChI=1S/C17H12ClF3N2/c18-13-8-4-7-11-9-12(16(22)17(19,20)21)14(23-15(11)13)10-5-2-1-3-6-10/h1-9,16H,22H2/t16-/m1/s1. The molecule has 0 aliphatic rings. The minimum atomic E-state index is -4.56. The van der Waals surface area contributed by atoms with E-state index in [-0.39, 0.29) is 11.3 Å². The molecule has 23 heavy (non-hydrogen) atoms. The molecule has 2 N–H and O–H groups in total. The Bertz CT molecular complexity index is 848. The molecule has 0 radical (unpaired) electrons. The van der Waals surface area contributed by atoms with Gasteiger partial charge in [-0.1, -0.05) is 54.1 Å². The summed E-state index contributed by atoms with van der Waals surface area (Å²) < 4.78 is 39.4. The Morgan fingerprint density at radius 1 is 1.00 bits per heavy atom. The Hall–Kier alpha value is -2.11. The maximum atomic E-state index is 13.1. The van der Waals surface area contributed by atoms with E-state index in [1.165, 1.54) is 6.07 Å². The van der Waals surface area contributed by atoms with Crippen molar-refractivity contribution in [2.24, 2.45) is 5.73 Å². The first-order valence-corrected chi connectivity index (χ1v) is 7.22. The summed E-state index contributed by atoms with van der Waals surface area (Å²) in [7, 11) is 0. The van der Waals surface area contributed by atoms with E-state index in [9.17, 15) is 13.2 Å². The number of benzene rings is 2. The zero-order valence-electron chi connectivity index (χ0n) is 11.8. The largest absolute Gasteiger partial charge is 0.407 e. The topological polar surface area (TPSA) is 38.9 Å². The number of hydrogen-bond donors (Lipinski definition) is 1. The van der Waals surface area contributed by atoms with Gasteiger partial charge in [0.1, 0.15) is 6.04 Å². The number of nitrogens with two attached hydrogens (primary N) is 1. The number of para-hydroxylation sites is 1. The molecule has 3 rings (SSSR count). The molecule has 3 aromatic rings. The molecule has 118 valence electrons. The highest BCUT2D eigenvalue weighted by molar-refractivity contribution is 6.35. The highest BCUT2D eigenvalue weighted by Gasteiger charge is 2.39. The van der Waals surface area contributed by atoms with Gasteiger partial charge in [-0.2, -0.15) is 13.2 Å². The Morgan fingerprint density at radius 3 is 2.35 bits per heavy atom. The van der Waals surface area contributed by atoms with Gasteiger partial charge in [-0.25, -0.2) is 4.98 Å². The van der Waals surface area contributed by atoms with E-state index in [2.05, 4.69) is 4.98 Å². The third kappa shape index (κ3) is 3.02. The van der Waals surface area contributed by atoms with Gasteiger partial charge < -0.3 is 5.73 Å². The van der Waals surface area contributed by atoms with Crippen molar-refractivity contribution >= 4 is 22.5 Å². The van der Waals surface area contributed by atoms with E-state index in [0.717, 1.165) is 0 Å². The van der Waals surface area contributed by atoms with Crippen LogP contribution in [0, 0.1) is 0 Å². The van der Waals surface area contributed by atoms with Crippen LogP contribution in [0.1, 0.15) is 11.6 Å². The summed E-state index contributed by atoms with van der Waals surface area (Å²) in [5.74, 6) is 0. The average Bonchev–Trinajstić information content (AvgIpc) is 2.53. The van der Waals surface area contributed by atoms with Gasteiger partial charge in [0.25, 0.3) is 0 Å². The second-order valence-electron chi connectivity index (χ2n) is 5.12. The first-order valence-electron chi connectivity index (χ1n) is 6.85. The van der Waals surface area contributed by atoms with Gasteiger partial charge in [0.05, 0.1) is 16.2 Å². The summed E-state index contributed by atoms with van der Waals surface area (Å²) in [4.78, 5) is 4.37. The van der Waals surface area contributed by atoms with Crippen molar-refractivity contribution in [1.82, 2.24) is 4.98 Å². The highest BCUT2D eigenvalue weighted by Crippen LogP contribution is 2.37. The van der Waals surface area contributed by atoms with E-state index in [0.29, 0.717) is 21.5 Å². The maximum Gasteiger partial charge on any atom is 0.407 e. The second-order valence-corrected chi connectivity index (χ2v) is 5.53. The number of aromatic nitrogens is 1. The molecule has 2 nitrogen and oxygen atoms in total. The lowest BCUT2D eigenvalue weighted by Gasteiger charge is -2.20. The second kappa shape index (κ2) is 5.83. The first-order chi connectivity index (χ1) is 10.9. The quantitative estimate of drug-likeness (QED) is 0.705. The zero-order chi connectivity index (χ0) is 16.6. The third-order valence-corrected chi connectivity index (χ3v) is 3.87. The van der Waals surface area contributed by atoms with Crippen LogP contribution in [0.3, 0.4) is 0 Å². The van der Waals surface area contributed by atoms with Crippen LogP contribution >= 0.6 is 11.6 Å². The molecule has 0 spiro atoms. The van der Waals surface area contributed by atoms with Crippen LogP contribution in [0.4, 0.5) is 13.2 Å². The highest BCUT2D eigenvalue weighted by atomic mass is 35.5. The smallest absolute Gasteiger partial charge is 0.316 e. The minimum absolute atomic E-state index is 0.0709. The summed E-state index contributed by atoms with van der Waals surface area (Å²) in [5.41, 5.74) is 6.57. The summed E-state index contributed by atoms with van der Waals surface area (Å²) in [5, 5.41) is 0.902. The van der Waals surface area contributed by atoms with E-state index in [1.807, 2.05) is 0 Å². The summed E-state index contributed by atoms with van der Waals surface area (Å²) in [6, 6.07) is 12.9. The van der Waals surface area contributed by atoms with Crippen LogP contribution in [-0.2, 0) is 0 Å². The molecule has 0 saturated heterocycles. The molecular formula is C17H12ClF3N2. The van der Waals surface area contributed by atoms with Gasteiger partial charge in [-0.05, 0) is 12.1 Å². The van der Waals surface area contributed by atoms with Crippen LogP contribution in [-0.4, -0.2) is 11.2 Å². The molecule has 0 saturated carbocycles. The monoisotopic (exact) mass is 336 g/mol. The van der Waals surface area contributed by atoms with Crippen molar-refractivity contribution in [2.75, 3.05) is 0 Å². The number of rotatable bonds is 2. The predicted molar refractivity (Wildman–Crippen MR) is 85.2 cm³/mol. The fraction of sp³-hybridized carbons (Fsp3) is 0.118. The molecule has 0 fully saturated rings. The fourth-order valence-corrected chi connectivity index (χ4v) is 2.64. The lowest BCUT2D eigenvalue weighted by atomic mass is 9.98. The summed E-state index contributed by atoms with van der Waals surface area (Å²) >= 11 is 6.12. The van der Waals surface area contributed by atoms with Gasteiger partial charge >= 0.3 is 6.18 Å². The Labute approximate surface area is 135 Å². The summed E-state index contributed by atoms with van der Waals surface area (Å²) in [6.45, 7) is 0. The number of alkyl halides is 3. The lowest BCUT2D eigenvalue weighted by molar-refractivity contribution is -0.149. The Morgan fingerprint density at radius 2 is 1.70 bits per heavy atom. The predicted octanol–water partition coefficient (Wildman–Crippen LogP) is 5.12. The minimum Gasteiger partial charge on any atom is -0.316 e. The molecule has 0 bridgehead atoms. The molecule has 1 heterocycles. The molecule has 6 heteroatoms. The Kier molecular flexibility index (Phi) is 4.00. The van der Waals surface area contributed by atoms with Crippen LogP contribution in [0.25, 0.3) is 22.2 Å². The Balaban J connectivity index is 2.32. The lowest BCUT2D eigenvalue weighted by Crippen LogP contribution is -2.29. The van der Waals surface area contributed by atoms with Gasteiger partial charge in [-0.3, -0.25) is 0 Å². The van der Waals surface area contributed by atoms with E-state index >= 15 is 0 Å². The SMILES string of the molecule is N[C@H](c1cc2cccc(Cl)c2nc1-c1ccccc1)C(F)(F)F. The number of fused-ring (bicyclic) bond motifs is 1. The van der Waals surface area contributed by atoms with Crippen LogP contribution in [0.15, 0.2) is 54.6 Å². The van der Waals surface area contributed by atoms with Crippen LogP contribution < -0.4 is 5.73 Å². The normalized spacial score (nSPS) is 13.3. The maximum absolute atomic E-state index is 13.1. The van der Waals surface area contributed by atoms with Gasteiger partial charge in [0, 0.05) is 16.5 Å². The van der Waals surface area contributed by atoms with Gasteiger partial charge in [0.2, 0.25) is 0 Å². The van der Waals surface area contributed by atoms with Crippen molar-refractivity contribution in [1.29, 1.82) is 0 Å². The first kappa shape index (κ1) is 15.8. The number of hydrogen-bond acceptors (Lipinski definition) is 2. The number of halogens is 4. The number of nitrogens with zero attached hydrogens (tertiary/aromatic N) is 1. The molecule has 2 aromatic carbocycles. The van der Waals surface area contributed by atoms with Crippen molar-refractivity contribution < 1.29 is 13.2 Å². The van der Waals surface area contributed by atoms with Crippen molar-refractivity contribution in [3.05, 3.63) is 65.2 Å². The van der Waals surface area contributed by atoms with Crippen molar-refractivity contribution in [2.45, 2.75) is 12.2 Å². The zero-order valence-corrected chi connectivity index (χ0v) is 12.6. The van der Waals surface area contributed by atoms with Crippen molar-refractivity contribution in [3.63, 3.8) is 0 Å².